The predicted octanol–water partition coefficient (Wildman–Crippen LogP) is 3.57. The highest BCUT2D eigenvalue weighted by Gasteiger charge is 2.18. The molecule has 1 aromatic carbocycles. The number of halogens is 1. The van der Waals surface area contributed by atoms with E-state index in [1.54, 1.807) is 12.1 Å². The molecule has 2 atom stereocenters. The van der Waals surface area contributed by atoms with Crippen molar-refractivity contribution in [1.29, 1.82) is 0 Å². The summed E-state index contributed by atoms with van der Waals surface area (Å²) in [4.78, 5) is 2.49. The van der Waals surface area contributed by atoms with Crippen molar-refractivity contribution in [1.82, 2.24) is 4.90 Å². The third-order valence-corrected chi connectivity index (χ3v) is 3.78. The molecule has 2 rings (SSSR count). The number of ether oxygens (including phenoxy) is 1. The summed E-state index contributed by atoms with van der Waals surface area (Å²) in [5, 5.41) is 0. The van der Waals surface area contributed by atoms with Crippen LogP contribution in [0.25, 0.3) is 0 Å². The third kappa shape index (κ3) is 4.83. The molecule has 1 saturated heterocycles. The Morgan fingerprint density at radius 3 is 2.26 bits per heavy atom. The van der Waals surface area contributed by atoms with Crippen molar-refractivity contribution < 1.29 is 9.13 Å². The van der Waals surface area contributed by atoms with Gasteiger partial charge in [-0.25, -0.2) is 4.39 Å². The summed E-state index contributed by atoms with van der Waals surface area (Å²) in [5.41, 5.74) is 0. The largest absolute Gasteiger partial charge is 0.492 e. The van der Waals surface area contributed by atoms with Crippen LogP contribution in [0.5, 0.6) is 5.75 Å². The Morgan fingerprint density at radius 2 is 1.68 bits per heavy atom. The van der Waals surface area contributed by atoms with Gasteiger partial charge >= 0.3 is 0 Å². The molecule has 1 heterocycles. The quantitative estimate of drug-likeness (QED) is 0.825. The standard InChI is InChI=1S/C16H24FNO/c1-13-3-4-14(2)12-18(11-13)9-10-19-16-7-5-15(17)6-8-16/h5-8,13-14H,3-4,9-12H2,1-2H3. The van der Waals surface area contributed by atoms with Crippen LogP contribution in [0.4, 0.5) is 4.39 Å². The fourth-order valence-electron chi connectivity index (χ4n) is 2.71. The Kier molecular flexibility index (Phi) is 5.20. The molecule has 3 heteroatoms. The molecule has 0 saturated carbocycles. The molecular formula is C16H24FNO. The van der Waals surface area contributed by atoms with E-state index in [4.69, 9.17) is 4.74 Å². The van der Waals surface area contributed by atoms with E-state index in [1.165, 1.54) is 25.0 Å². The topological polar surface area (TPSA) is 12.5 Å². The van der Waals surface area contributed by atoms with E-state index >= 15 is 0 Å². The smallest absolute Gasteiger partial charge is 0.123 e. The molecule has 0 aromatic heterocycles. The first-order valence-corrected chi connectivity index (χ1v) is 7.24. The van der Waals surface area contributed by atoms with E-state index in [1.807, 2.05) is 0 Å². The van der Waals surface area contributed by atoms with Crippen molar-refractivity contribution in [2.75, 3.05) is 26.2 Å². The van der Waals surface area contributed by atoms with E-state index < -0.39 is 0 Å². The van der Waals surface area contributed by atoms with Gasteiger partial charge in [-0.2, -0.15) is 0 Å². The number of nitrogens with zero attached hydrogens (tertiary/aromatic N) is 1. The lowest BCUT2D eigenvalue weighted by atomic mass is 10.0. The number of likely N-dealkylation sites (tertiary alicyclic amines) is 1. The maximum Gasteiger partial charge on any atom is 0.123 e. The third-order valence-electron chi connectivity index (χ3n) is 3.78. The number of benzene rings is 1. The molecule has 2 nitrogen and oxygen atoms in total. The number of hydrogen-bond acceptors (Lipinski definition) is 2. The predicted molar refractivity (Wildman–Crippen MR) is 75.9 cm³/mol. The van der Waals surface area contributed by atoms with Gasteiger partial charge in [0.2, 0.25) is 0 Å². The highest BCUT2D eigenvalue weighted by Crippen LogP contribution is 2.20. The Balaban J connectivity index is 1.76. The van der Waals surface area contributed by atoms with Gasteiger partial charge in [-0.1, -0.05) is 13.8 Å². The summed E-state index contributed by atoms with van der Waals surface area (Å²) < 4.78 is 18.4. The van der Waals surface area contributed by atoms with E-state index in [2.05, 4.69) is 18.7 Å². The molecule has 2 unspecified atom stereocenters. The van der Waals surface area contributed by atoms with Gasteiger partial charge in [0, 0.05) is 19.6 Å². The minimum atomic E-state index is -0.220. The highest BCUT2D eigenvalue weighted by atomic mass is 19.1. The van der Waals surface area contributed by atoms with Gasteiger partial charge in [0.05, 0.1) is 0 Å². The van der Waals surface area contributed by atoms with Gasteiger partial charge < -0.3 is 4.74 Å². The van der Waals surface area contributed by atoms with Gasteiger partial charge in [0.25, 0.3) is 0 Å². The van der Waals surface area contributed by atoms with Crippen LogP contribution in [0.15, 0.2) is 24.3 Å². The molecule has 19 heavy (non-hydrogen) atoms. The summed E-state index contributed by atoms with van der Waals surface area (Å²) in [6.45, 7) is 8.60. The average molecular weight is 265 g/mol. The van der Waals surface area contributed by atoms with Gasteiger partial charge in [0.15, 0.2) is 0 Å². The van der Waals surface area contributed by atoms with Crippen molar-refractivity contribution in [3.8, 4) is 5.75 Å². The highest BCUT2D eigenvalue weighted by molar-refractivity contribution is 5.21. The Morgan fingerprint density at radius 1 is 1.11 bits per heavy atom. The average Bonchev–Trinajstić information content (AvgIpc) is 2.54. The SMILES string of the molecule is CC1CCC(C)CN(CCOc2ccc(F)cc2)C1. The van der Waals surface area contributed by atoms with Crippen molar-refractivity contribution in [2.24, 2.45) is 11.8 Å². The summed E-state index contributed by atoms with van der Waals surface area (Å²) in [5.74, 6) is 2.08. The minimum absolute atomic E-state index is 0.220. The molecule has 1 fully saturated rings. The zero-order valence-electron chi connectivity index (χ0n) is 11.9. The minimum Gasteiger partial charge on any atom is -0.492 e. The molecule has 0 N–H and O–H groups in total. The maximum absolute atomic E-state index is 12.8. The number of hydrogen-bond donors (Lipinski definition) is 0. The molecule has 0 radical (unpaired) electrons. The summed E-state index contributed by atoms with van der Waals surface area (Å²) in [6.07, 6.45) is 2.66. The van der Waals surface area contributed by atoms with Crippen molar-refractivity contribution in [2.45, 2.75) is 26.7 Å². The molecule has 0 aliphatic carbocycles. The van der Waals surface area contributed by atoms with Gasteiger partial charge in [-0.15, -0.1) is 0 Å². The van der Waals surface area contributed by atoms with Crippen LogP contribution in [0, 0.1) is 17.7 Å². The van der Waals surface area contributed by atoms with E-state index in [0.29, 0.717) is 6.61 Å². The van der Waals surface area contributed by atoms with Crippen molar-refractivity contribution in [3.63, 3.8) is 0 Å². The lowest BCUT2D eigenvalue weighted by Gasteiger charge is -2.23. The van der Waals surface area contributed by atoms with Crippen LogP contribution in [0.2, 0.25) is 0 Å². The molecule has 0 amide bonds. The van der Waals surface area contributed by atoms with E-state index in [9.17, 15) is 4.39 Å². The molecule has 1 aliphatic heterocycles. The van der Waals surface area contributed by atoms with Gasteiger partial charge in [-0.3, -0.25) is 4.90 Å². The zero-order chi connectivity index (χ0) is 13.7. The van der Waals surface area contributed by atoms with Crippen LogP contribution < -0.4 is 4.74 Å². The monoisotopic (exact) mass is 265 g/mol. The summed E-state index contributed by atoms with van der Waals surface area (Å²) >= 11 is 0. The van der Waals surface area contributed by atoms with Crippen LogP contribution in [0.3, 0.4) is 0 Å². The second-order valence-electron chi connectivity index (χ2n) is 5.85. The van der Waals surface area contributed by atoms with Crippen LogP contribution in [0.1, 0.15) is 26.7 Å². The van der Waals surface area contributed by atoms with Crippen molar-refractivity contribution >= 4 is 0 Å². The zero-order valence-corrected chi connectivity index (χ0v) is 11.9. The first-order valence-electron chi connectivity index (χ1n) is 7.24. The molecule has 1 aliphatic rings. The molecule has 0 bridgehead atoms. The van der Waals surface area contributed by atoms with Crippen LogP contribution in [-0.2, 0) is 0 Å². The molecule has 1 aromatic rings. The first-order chi connectivity index (χ1) is 9.13. The summed E-state index contributed by atoms with van der Waals surface area (Å²) in [7, 11) is 0. The molecular weight excluding hydrogens is 241 g/mol. The molecule has 0 spiro atoms. The van der Waals surface area contributed by atoms with Gasteiger partial charge in [-0.05, 0) is 48.9 Å². The second-order valence-corrected chi connectivity index (χ2v) is 5.85. The molecule has 106 valence electrons. The Labute approximate surface area is 115 Å². The van der Waals surface area contributed by atoms with Crippen LogP contribution in [-0.4, -0.2) is 31.1 Å². The fraction of sp³-hybridized carbons (Fsp3) is 0.625. The first kappa shape index (κ1) is 14.3. The van der Waals surface area contributed by atoms with E-state index in [0.717, 1.165) is 37.2 Å². The summed E-state index contributed by atoms with van der Waals surface area (Å²) in [6, 6.07) is 6.24. The maximum atomic E-state index is 12.8. The number of rotatable bonds is 4. The fourth-order valence-corrected chi connectivity index (χ4v) is 2.71. The Bertz CT molecular complexity index is 367. The van der Waals surface area contributed by atoms with Crippen LogP contribution >= 0.6 is 0 Å². The Hall–Kier alpha value is -1.09. The lowest BCUT2D eigenvalue weighted by molar-refractivity contribution is 0.188. The van der Waals surface area contributed by atoms with Gasteiger partial charge in [0.1, 0.15) is 18.2 Å². The lowest BCUT2D eigenvalue weighted by Crippen LogP contribution is -2.33. The van der Waals surface area contributed by atoms with Crippen molar-refractivity contribution in [3.05, 3.63) is 30.1 Å². The normalized spacial score (nSPS) is 25.0. The van der Waals surface area contributed by atoms with E-state index in [-0.39, 0.29) is 5.82 Å². The second kappa shape index (κ2) is 6.90.